The molecule has 178 valence electrons. The summed E-state index contributed by atoms with van der Waals surface area (Å²) >= 11 is 5.75. The Hall–Kier alpha value is -3.91. The Morgan fingerprint density at radius 3 is 2.71 bits per heavy atom. The smallest absolute Gasteiger partial charge is 0.226 e. The second-order valence-corrected chi connectivity index (χ2v) is 9.01. The number of carbonyl (C=O) groups excluding carboxylic acids is 1. The maximum absolute atomic E-state index is 12.8. The Morgan fingerprint density at radius 2 is 1.97 bits per heavy atom. The third-order valence-electron chi connectivity index (χ3n) is 6.19. The Kier molecular flexibility index (Phi) is 6.63. The van der Waals surface area contributed by atoms with Crippen molar-refractivity contribution in [2.75, 3.05) is 11.9 Å². The van der Waals surface area contributed by atoms with Crippen LogP contribution in [0.2, 0.25) is 0 Å². The molecule has 0 saturated carbocycles. The van der Waals surface area contributed by atoms with Gasteiger partial charge < -0.3 is 24.5 Å². The highest BCUT2D eigenvalue weighted by Crippen LogP contribution is 2.39. The quantitative estimate of drug-likeness (QED) is 0.348. The number of thiocarbonyl (C=S) groups is 1. The molecular weight excluding hydrogens is 458 g/mol. The normalized spacial score (nSPS) is 17.4. The number of benzene rings is 1. The third kappa shape index (κ3) is 5.12. The van der Waals surface area contributed by atoms with Gasteiger partial charge in [0.25, 0.3) is 0 Å². The molecule has 7 nitrogen and oxygen atoms in total. The van der Waals surface area contributed by atoms with Gasteiger partial charge in [-0.1, -0.05) is 23.8 Å². The van der Waals surface area contributed by atoms with Gasteiger partial charge >= 0.3 is 0 Å². The van der Waals surface area contributed by atoms with Crippen LogP contribution in [0.1, 0.15) is 41.2 Å². The Balaban J connectivity index is 1.39. The summed E-state index contributed by atoms with van der Waals surface area (Å²) in [6, 6.07) is 21.4. The highest BCUT2D eigenvalue weighted by atomic mass is 32.1. The summed E-state index contributed by atoms with van der Waals surface area (Å²) in [5, 5.41) is 7.04. The first kappa shape index (κ1) is 22.9. The van der Waals surface area contributed by atoms with Crippen LogP contribution in [0.3, 0.4) is 0 Å². The average Bonchev–Trinajstić information content (AvgIpc) is 3.61. The predicted octanol–water partition coefficient (Wildman–Crippen LogP) is 4.83. The Morgan fingerprint density at radius 1 is 1.11 bits per heavy atom. The van der Waals surface area contributed by atoms with Gasteiger partial charge in [0.15, 0.2) is 5.11 Å². The second kappa shape index (κ2) is 10.1. The van der Waals surface area contributed by atoms with E-state index in [1.807, 2.05) is 73.8 Å². The minimum Gasteiger partial charge on any atom is -0.467 e. The topological polar surface area (TPSA) is 75.3 Å². The van der Waals surface area contributed by atoms with E-state index in [1.54, 1.807) is 12.5 Å². The van der Waals surface area contributed by atoms with E-state index < -0.39 is 0 Å². The lowest BCUT2D eigenvalue weighted by Crippen LogP contribution is -2.33. The minimum absolute atomic E-state index is 0.0531. The van der Waals surface area contributed by atoms with Gasteiger partial charge in [-0.3, -0.25) is 9.78 Å². The molecule has 1 aromatic carbocycles. The molecule has 0 spiro atoms. The molecule has 4 aromatic rings. The highest BCUT2D eigenvalue weighted by Gasteiger charge is 2.41. The van der Waals surface area contributed by atoms with Crippen molar-refractivity contribution in [1.29, 1.82) is 0 Å². The number of amides is 1. The van der Waals surface area contributed by atoms with E-state index in [0.717, 1.165) is 28.4 Å². The first-order valence-corrected chi connectivity index (χ1v) is 12.0. The van der Waals surface area contributed by atoms with Crippen LogP contribution in [0.4, 0.5) is 5.69 Å². The molecule has 8 heteroatoms. The molecule has 1 aliphatic rings. The van der Waals surface area contributed by atoms with Crippen molar-refractivity contribution < 1.29 is 9.21 Å². The number of nitrogens with zero attached hydrogens (tertiary/aromatic N) is 3. The summed E-state index contributed by atoms with van der Waals surface area (Å²) in [6.45, 7) is 3.10. The van der Waals surface area contributed by atoms with Crippen LogP contribution in [0.15, 0.2) is 89.8 Å². The van der Waals surface area contributed by atoms with Crippen LogP contribution in [0.5, 0.6) is 0 Å². The van der Waals surface area contributed by atoms with Crippen molar-refractivity contribution >= 4 is 28.9 Å². The molecule has 3 aromatic heterocycles. The minimum atomic E-state index is -0.144. The van der Waals surface area contributed by atoms with E-state index in [2.05, 4.69) is 31.2 Å². The summed E-state index contributed by atoms with van der Waals surface area (Å²) < 4.78 is 7.75. The Labute approximate surface area is 209 Å². The van der Waals surface area contributed by atoms with Crippen LogP contribution >= 0.6 is 12.2 Å². The lowest BCUT2D eigenvalue weighted by Gasteiger charge is -2.28. The first-order chi connectivity index (χ1) is 17.1. The molecule has 1 aliphatic heterocycles. The summed E-state index contributed by atoms with van der Waals surface area (Å²) in [5.41, 5.74) is 3.91. The van der Waals surface area contributed by atoms with Crippen LogP contribution in [-0.4, -0.2) is 32.0 Å². The first-order valence-electron chi connectivity index (χ1n) is 11.6. The van der Waals surface area contributed by atoms with E-state index >= 15 is 0 Å². The average molecular weight is 486 g/mol. The predicted molar refractivity (Wildman–Crippen MR) is 139 cm³/mol. The van der Waals surface area contributed by atoms with Gasteiger partial charge in [0.1, 0.15) is 5.76 Å². The summed E-state index contributed by atoms with van der Waals surface area (Å²) in [5.74, 6) is 0.817. The van der Waals surface area contributed by atoms with Gasteiger partial charge in [-0.05, 0) is 67.7 Å². The molecule has 5 rings (SSSR count). The van der Waals surface area contributed by atoms with E-state index in [1.165, 1.54) is 0 Å². The lowest BCUT2D eigenvalue weighted by atomic mass is 10.0. The SMILES string of the molecule is Cc1ccc(NC(=O)CCN2C(=S)N[C@@H](c3ccccn3)[C@H]2c2cccn2Cc2ccco2)cc1. The fraction of sp³-hybridized carbons (Fsp3) is 0.222. The van der Waals surface area contributed by atoms with Crippen LogP contribution in [0.25, 0.3) is 0 Å². The molecule has 4 heterocycles. The van der Waals surface area contributed by atoms with Crippen molar-refractivity contribution in [2.45, 2.75) is 32.0 Å². The van der Waals surface area contributed by atoms with Crippen molar-refractivity contribution in [3.8, 4) is 0 Å². The standard InChI is InChI=1S/C27H27N5O2S/c1-19-9-11-20(12-10-19)29-24(33)13-16-32-26(25(30-27(32)35)22-7-2-3-14-28-22)23-8-4-15-31(23)18-21-6-5-17-34-21/h2-12,14-15,17,25-26H,13,16,18H2,1H3,(H,29,33)(H,30,35)/t25-,26+/m0/s1. The van der Waals surface area contributed by atoms with Crippen molar-refractivity contribution in [3.63, 3.8) is 0 Å². The Bertz CT molecular complexity index is 1280. The fourth-order valence-electron chi connectivity index (χ4n) is 4.46. The number of hydrogen-bond acceptors (Lipinski definition) is 4. The van der Waals surface area contributed by atoms with Crippen molar-refractivity contribution in [1.82, 2.24) is 19.8 Å². The third-order valence-corrected chi connectivity index (χ3v) is 6.54. The second-order valence-electron chi connectivity index (χ2n) is 8.62. The van der Waals surface area contributed by atoms with Crippen molar-refractivity contribution in [2.24, 2.45) is 0 Å². The number of aromatic nitrogens is 2. The number of furan rings is 1. The summed E-state index contributed by atoms with van der Waals surface area (Å²) in [6.07, 6.45) is 5.81. The molecule has 0 bridgehead atoms. The van der Waals surface area contributed by atoms with Gasteiger partial charge in [0.2, 0.25) is 5.91 Å². The number of nitrogens with one attached hydrogen (secondary N) is 2. The van der Waals surface area contributed by atoms with Crippen molar-refractivity contribution in [3.05, 3.63) is 108 Å². The van der Waals surface area contributed by atoms with E-state index in [4.69, 9.17) is 16.6 Å². The number of anilines is 1. The number of hydrogen-bond donors (Lipinski definition) is 2. The largest absolute Gasteiger partial charge is 0.467 e. The van der Waals surface area contributed by atoms with Gasteiger partial charge in [-0.15, -0.1) is 0 Å². The highest BCUT2D eigenvalue weighted by molar-refractivity contribution is 7.80. The van der Waals surface area contributed by atoms with Crippen LogP contribution in [0, 0.1) is 6.92 Å². The number of aryl methyl sites for hydroxylation is 1. The van der Waals surface area contributed by atoms with E-state index in [0.29, 0.717) is 24.6 Å². The van der Waals surface area contributed by atoms with Crippen LogP contribution in [-0.2, 0) is 11.3 Å². The van der Waals surface area contributed by atoms with Gasteiger partial charge in [-0.2, -0.15) is 0 Å². The molecule has 2 atom stereocenters. The van der Waals surface area contributed by atoms with Gasteiger partial charge in [-0.25, -0.2) is 0 Å². The molecule has 35 heavy (non-hydrogen) atoms. The number of pyridine rings is 1. The van der Waals surface area contributed by atoms with E-state index in [-0.39, 0.29) is 18.0 Å². The van der Waals surface area contributed by atoms with Crippen LogP contribution < -0.4 is 10.6 Å². The van der Waals surface area contributed by atoms with E-state index in [9.17, 15) is 4.79 Å². The number of carbonyl (C=O) groups is 1. The molecule has 1 amide bonds. The maximum atomic E-state index is 12.8. The number of rotatable bonds is 8. The zero-order chi connectivity index (χ0) is 24.2. The zero-order valence-corrected chi connectivity index (χ0v) is 20.2. The molecular formula is C27H27N5O2S. The molecule has 1 fully saturated rings. The fourth-order valence-corrected chi connectivity index (χ4v) is 4.79. The molecule has 1 saturated heterocycles. The van der Waals surface area contributed by atoms with Gasteiger partial charge in [0, 0.05) is 36.7 Å². The zero-order valence-electron chi connectivity index (χ0n) is 19.4. The molecule has 2 N–H and O–H groups in total. The molecule has 0 aliphatic carbocycles. The summed E-state index contributed by atoms with van der Waals surface area (Å²) in [4.78, 5) is 19.4. The lowest BCUT2D eigenvalue weighted by molar-refractivity contribution is -0.116. The van der Waals surface area contributed by atoms with Gasteiger partial charge in [0.05, 0.1) is 30.6 Å². The molecule has 0 radical (unpaired) electrons. The summed E-state index contributed by atoms with van der Waals surface area (Å²) in [7, 11) is 0. The maximum Gasteiger partial charge on any atom is 0.226 e. The monoisotopic (exact) mass is 485 g/mol. The molecule has 0 unspecified atom stereocenters.